The number of benzene rings is 1. The number of hydrogen-bond acceptors (Lipinski definition) is 1. The predicted molar refractivity (Wildman–Crippen MR) is 84.1 cm³/mol. The highest BCUT2D eigenvalue weighted by atomic mass is 15.2. The largest absolute Gasteiger partial charge is 0.300 e. The molecule has 1 fully saturated rings. The Bertz CT molecular complexity index is 446. The van der Waals surface area contributed by atoms with Crippen LogP contribution in [0.25, 0.3) is 6.08 Å². The zero-order valence-corrected chi connectivity index (χ0v) is 13.0. The van der Waals surface area contributed by atoms with Crippen molar-refractivity contribution in [1.29, 1.82) is 0 Å². The van der Waals surface area contributed by atoms with Crippen molar-refractivity contribution in [2.45, 2.75) is 39.7 Å². The van der Waals surface area contributed by atoms with Gasteiger partial charge < -0.3 is 4.90 Å². The summed E-state index contributed by atoms with van der Waals surface area (Å²) in [6.45, 7) is 10.7. The summed E-state index contributed by atoms with van der Waals surface area (Å²) >= 11 is 0. The fourth-order valence-corrected chi connectivity index (χ4v) is 3.18. The summed E-state index contributed by atoms with van der Waals surface area (Å²) in [5.41, 5.74) is 1.69. The Kier molecular flexibility index (Phi) is 3.87. The topological polar surface area (TPSA) is 3.24 Å². The molecule has 0 amide bonds. The first-order chi connectivity index (χ1) is 8.88. The molecular weight excluding hydrogens is 230 g/mol. The van der Waals surface area contributed by atoms with E-state index in [4.69, 9.17) is 0 Å². The normalized spacial score (nSPS) is 31.7. The van der Waals surface area contributed by atoms with E-state index in [1.54, 1.807) is 0 Å². The van der Waals surface area contributed by atoms with Gasteiger partial charge in [0.15, 0.2) is 0 Å². The molecule has 0 aromatic heterocycles. The first-order valence-corrected chi connectivity index (χ1v) is 7.33. The lowest BCUT2D eigenvalue weighted by atomic mass is 9.61. The highest BCUT2D eigenvalue weighted by Gasteiger charge is 2.48. The van der Waals surface area contributed by atoms with E-state index in [0.29, 0.717) is 5.92 Å². The average molecular weight is 257 g/mol. The van der Waals surface area contributed by atoms with Gasteiger partial charge in [-0.2, -0.15) is 0 Å². The molecule has 2 atom stereocenters. The molecule has 1 nitrogen and oxygen atoms in total. The van der Waals surface area contributed by atoms with Crippen molar-refractivity contribution in [1.82, 2.24) is 4.90 Å². The third kappa shape index (κ3) is 2.49. The van der Waals surface area contributed by atoms with Gasteiger partial charge in [0.05, 0.1) is 0 Å². The van der Waals surface area contributed by atoms with E-state index in [1.807, 2.05) is 0 Å². The number of hydrogen-bond donors (Lipinski definition) is 0. The van der Waals surface area contributed by atoms with Crippen molar-refractivity contribution in [3.05, 3.63) is 42.0 Å². The molecule has 1 heteroatoms. The summed E-state index contributed by atoms with van der Waals surface area (Å²) in [4.78, 5) is 2.50. The highest BCUT2D eigenvalue weighted by molar-refractivity contribution is 5.50. The lowest BCUT2D eigenvalue weighted by Crippen LogP contribution is -2.59. The van der Waals surface area contributed by atoms with Gasteiger partial charge in [-0.15, -0.1) is 0 Å². The van der Waals surface area contributed by atoms with E-state index in [9.17, 15) is 0 Å². The van der Waals surface area contributed by atoms with Gasteiger partial charge >= 0.3 is 0 Å². The molecular formula is C18H27N. The minimum Gasteiger partial charge on any atom is -0.300 e. The van der Waals surface area contributed by atoms with E-state index in [0.717, 1.165) is 0 Å². The number of rotatable bonds is 2. The second kappa shape index (κ2) is 5.13. The lowest BCUT2D eigenvalue weighted by Gasteiger charge is -2.56. The van der Waals surface area contributed by atoms with E-state index in [2.05, 4.69) is 82.1 Å². The molecule has 1 aromatic carbocycles. The Hall–Kier alpha value is -1.08. The van der Waals surface area contributed by atoms with E-state index >= 15 is 0 Å². The number of piperidine rings is 1. The molecule has 0 bridgehead atoms. The van der Waals surface area contributed by atoms with Crippen molar-refractivity contribution in [2.24, 2.45) is 11.3 Å². The van der Waals surface area contributed by atoms with Crippen LogP contribution in [0.1, 0.15) is 39.7 Å². The van der Waals surface area contributed by atoms with Gasteiger partial charge in [-0.3, -0.25) is 0 Å². The number of nitrogens with zero attached hydrogens (tertiary/aromatic N) is 1. The molecule has 0 aliphatic carbocycles. The summed E-state index contributed by atoms with van der Waals surface area (Å²) in [6, 6.07) is 10.6. The summed E-state index contributed by atoms with van der Waals surface area (Å²) in [5, 5.41) is 0. The Morgan fingerprint density at radius 3 is 2.42 bits per heavy atom. The van der Waals surface area contributed by atoms with Gasteiger partial charge in [0.25, 0.3) is 0 Å². The second-order valence-electron chi connectivity index (χ2n) is 6.70. The van der Waals surface area contributed by atoms with Crippen LogP contribution in [0.15, 0.2) is 36.4 Å². The molecule has 1 aromatic rings. The molecule has 1 aliphatic heterocycles. The minimum atomic E-state index is 0.190. The van der Waals surface area contributed by atoms with Crippen LogP contribution in [0.5, 0.6) is 0 Å². The fourth-order valence-electron chi connectivity index (χ4n) is 3.18. The van der Waals surface area contributed by atoms with E-state index in [-0.39, 0.29) is 11.0 Å². The molecule has 19 heavy (non-hydrogen) atoms. The maximum absolute atomic E-state index is 2.50. The lowest BCUT2D eigenvalue weighted by molar-refractivity contribution is -0.0305. The van der Waals surface area contributed by atoms with Crippen molar-refractivity contribution in [3.8, 4) is 0 Å². The predicted octanol–water partition coefficient (Wildman–Crippen LogP) is 4.46. The van der Waals surface area contributed by atoms with E-state index < -0.39 is 0 Å². The Morgan fingerprint density at radius 1 is 1.16 bits per heavy atom. The first-order valence-electron chi connectivity index (χ1n) is 7.33. The third-order valence-corrected chi connectivity index (χ3v) is 5.62. The molecule has 1 heterocycles. The Labute approximate surface area is 118 Å². The van der Waals surface area contributed by atoms with Crippen molar-refractivity contribution in [3.63, 3.8) is 0 Å². The highest BCUT2D eigenvalue weighted by Crippen LogP contribution is 2.48. The van der Waals surface area contributed by atoms with Gasteiger partial charge in [0, 0.05) is 11.0 Å². The maximum atomic E-state index is 2.50. The summed E-state index contributed by atoms with van der Waals surface area (Å²) in [7, 11) is 2.25. The summed E-state index contributed by atoms with van der Waals surface area (Å²) < 4.78 is 0. The molecule has 0 spiro atoms. The molecule has 2 rings (SSSR count). The molecule has 1 saturated heterocycles. The van der Waals surface area contributed by atoms with Gasteiger partial charge in [-0.25, -0.2) is 0 Å². The first kappa shape index (κ1) is 14.3. The van der Waals surface area contributed by atoms with Crippen LogP contribution in [0.2, 0.25) is 0 Å². The molecule has 0 radical (unpaired) electrons. The number of likely N-dealkylation sites (tertiary alicyclic amines) is 1. The standard InChI is InChI=1S/C18H27N/c1-15-12-14-19(5)17(2,3)18(15,4)13-11-16-9-7-6-8-10-16/h6-11,13,15H,12,14H2,1-5H3. The second-order valence-corrected chi connectivity index (χ2v) is 6.70. The van der Waals surface area contributed by atoms with Crippen LogP contribution in [-0.2, 0) is 0 Å². The van der Waals surface area contributed by atoms with Gasteiger partial charge in [-0.1, -0.05) is 56.3 Å². The van der Waals surface area contributed by atoms with Crippen LogP contribution in [0.3, 0.4) is 0 Å². The van der Waals surface area contributed by atoms with E-state index in [1.165, 1.54) is 18.5 Å². The van der Waals surface area contributed by atoms with Crippen LogP contribution in [0, 0.1) is 11.3 Å². The summed E-state index contributed by atoms with van der Waals surface area (Å²) in [5.74, 6) is 0.707. The Morgan fingerprint density at radius 2 is 1.79 bits per heavy atom. The molecule has 2 unspecified atom stereocenters. The summed E-state index contributed by atoms with van der Waals surface area (Å²) in [6.07, 6.45) is 6.00. The monoisotopic (exact) mass is 257 g/mol. The zero-order valence-electron chi connectivity index (χ0n) is 13.0. The van der Waals surface area contributed by atoms with Crippen molar-refractivity contribution in [2.75, 3.05) is 13.6 Å². The van der Waals surface area contributed by atoms with Crippen LogP contribution < -0.4 is 0 Å². The smallest absolute Gasteiger partial charge is 0.0240 e. The quantitative estimate of drug-likeness (QED) is 0.756. The van der Waals surface area contributed by atoms with Gasteiger partial charge in [0.1, 0.15) is 0 Å². The average Bonchev–Trinajstić information content (AvgIpc) is 2.41. The van der Waals surface area contributed by atoms with Crippen LogP contribution >= 0.6 is 0 Å². The van der Waals surface area contributed by atoms with Crippen LogP contribution in [-0.4, -0.2) is 24.0 Å². The van der Waals surface area contributed by atoms with Crippen molar-refractivity contribution < 1.29 is 0 Å². The molecule has 1 aliphatic rings. The Balaban J connectivity index is 2.31. The molecule has 104 valence electrons. The third-order valence-electron chi connectivity index (χ3n) is 5.62. The van der Waals surface area contributed by atoms with Gasteiger partial charge in [0.2, 0.25) is 0 Å². The molecule has 0 N–H and O–H groups in total. The molecule has 0 saturated carbocycles. The SMILES string of the molecule is CC1CCN(C)C(C)(C)C1(C)C=Cc1ccccc1. The van der Waals surface area contributed by atoms with Gasteiger partial charge in [-0.05, 0) is 45.3 Å². The minimum absolute atomic E-state index is 0.190. The van der Waals surface area contributed by atoms with Crippen molar-refractivity contribution >= 4 is 6.08 Å². The van der Waals surface area contributed by atoms with Crippen LogP contribution in [0.4, 0.5) is 0 Å². The fraction of sp³-hybridized carbons (Fsp3) is 0.556. The zero-order chi connectivity index (χ0) is 14.1. The maximum Gasteiger partial charge on any atom is 0.0240 e.